The molecule has 0 bridgehead atoms. The van der Waals surface area contributed by atoms with Crippen molar-refractivity contribution in [2.75, 3.05) is 0 Å². The summed E-state index contributed by atoms with van der Waals surface area (Å²) in [7, 11) is -0.675. The zero-order valence-corrected chi connectivity index (χ0v) is 13.8. The molecule has 1 rings (SSSR count). The molecule has 1 radical (unpaired) electrons. The van der Waals surface area contributed by atoms with Crippen LogP contribution in [0.4, 0.5) is 0 Å². The third kappa shape index (κ3) is 4.18. The molecule has 0 aliphatic heterocycles. The van der Waals surface area contributed by atoms with E-state index in [1.54, 1.807) is 0 Å². The molecule has 0 saturated heterocycles. The number of hydrogen-bond donors (Lipinski definition) is 0. The zero-order valence-electron chi connectivity index (χ0n) is 10.7. The van der Waals surface area contributed by atoms with Gasteiger partial charge in [0.25, 0.3) is 0 Å². The fraction of sp³-hybridized carbons (Fsp3) is 0.538. The van der Waals surface area contributed by atoms with E-state index >= 15 is 0 Å². The Morgan fingerprint density at radius 3 is 2.00 bits per heavy atom. The van der Waals surface area contributed by atoms with Crippen LogP contribution in [0.25, 0.3) is 0 Å². The zero-order chi connectivity index (χ0) is 12.3. The summed E-state index contributed by atoms with van der Waals surface area (Å²) in [4.78, 5) is 0. The van der Waals surface area contributed by atoms with Gasteiger partial charge in [0.2, 0.25) is 9.04 Å². The quantitative estimate of drug-likeness (QED) is 0.571. The fourth-order valence-corrected chi connectivity index (χ4v) is 2.94. The summed E-state index contributed by atoms with van der Waals surface area (Å²) < 4.78 is 7.41. The summed E-state index contributed by atoms with van der Waals surface area (Å²) in [5.74, 6) is 0. The molecule has 1 aromatic rings. The van der Waals surface area contributed by atoms with Gasteiger partial charge in [0.05, 0.1) is 6.10 Å². The van der Waals surface area contributed by atoms with E-state index in [0.29, 0.717) is 0 Å². The van der Waals surface area contributed by atoms with Crippen LogP contribution in [0.2, 0.25) is 13.1 Å². The molecule has 1 aromatic carbocycles. The van der Waals surface area contributed by atoms with E-state index in [0.717, 1.165) is 0 Å². The molecule has 0 aromatic heterocycles. The number of halogens is 1. The molecule has 1 nitrogen and oxygen atoms in total. The van der Waals surface area contributed by atoms with Crippen molar-refractivity contribution >= 4 is 31.6 Å². The third-order valence-corrected chi connectivity index (χ3v) is 3.74. The van der Waals surface area contributed by atoms with Crippen molar-refractivity contribution in [1.29, 1.82) is 0 Å². The Morgan fingerprint density at radius 2 is 1.62 bits per heavy atom. The van der Waals surface area contributed by atoms with Crippen LogP contribution >= 0.6 is 22.6 Å². The Bertz CT molecular complexity index is 327. The van der Waals surface area contributed by atoms with E-state index in [-0.39, 0.29) is 11.5 Å². The van der Waals surface area contributed by atoms with Gasteiger partial charge in [0.15, 0.2) is 0 Å². The van der Waals surface area contributed by atoms with E-state index in [9.17, 15) is 0 Å². The topological polar surface area (TPSA) is 9.23 Å². The van der Waals surface area contributed by atoms with Gasteiger partial charge in [-0.25, -0.2) is 0 Å². The molecule has 0 aliphatic rings. The molecular formula is C13H20IOSi. The summed E-state index contributed by atoms with van der Waals surface area (Å²) in [6.07, 6.45) is 0.202. The average molecular weight is 347 g/mol. The van der Waals surface area contributed by atoms with Crippen molar-refractivity contribution in [3.63, 3.8) is 0 Å². The van der Waals surface area contributed by atoms with Crippen molar-refractivity contribution in [3.05, 3.63) is 33.4 Å². The van der Waals surface area contributed by atoms with Gasteiger partial charge < -0.3 is 4.43 Å². The molecule has 0 aliphatic carbocycles. The SMILES string of the molecule is C[Si](C)OC(c1ccc(I)cc1)C(C)(C)C. The van der Waals surface area contributed by atoms with Crippen LogP contribution in [0.15, 0.2) is 24.3 Å². The standard InChI is InChI=1S/C13H20IOSi/c1-13(2,3)12(15-16(4)5)10-6-8-11(14)9-7-10/h6-9,12H,1-5H3. The van der Waals surface area contributed by atoms with E-state index in [1.807, 2.05) is 0 Å². The van der Waals surface area contributed by atoms with Crippen molar-refractivity contribution in [1.82, 2.24) is 0 Å². The second-order valence-electron chi connectivity index (χ2n) is 5.32. The lowest BCUT2D eigenvalue weighted by atomic mass is 9.85. The molecule has 0 amide bonds. The van der Waals surface area contributed by atoms with Gasteiger partial charge in [0, 0.05) is 3.57 Å². The van der Waals surface area contributed by atoms with Crippen molar-refractivity contribution in [3.8, 4) is 0 Å². The molecule has 1 unspecified atom stereocenters. The normalized spacial score (nSPS) is 14.2. The Morgan fingerprint density at radius 1 is 1.12 bits per heavy atom. The molecule has 0 saturated carbocycles. The highest BCUT2D eigenvalue weighted by Crippen LogP contribution is 2.36. The summed E-state index contributed by atoms with van der Waals surface area (Å²) in [6.45, 7) is 11.1. The number of hydrogen-bond acceptors (Lipinski definition) is 1. The van der Waals surface area contributed by atoms with Crippen LogP contribution in [0, 0.1) is 8.99 Å². The van der Waals surface area contributed by atoms with Crippen LogP contribution in [-0.2, 0) is 4.43 Å². The average Bonchev–Trinajstić information content (AvgIpc) is 2.14. The minimum absolute atomic E-state index is 0.148. The van der Waals surface area contributed by atoms with Gasteiger partial charge in [0.1, 0.15) is 0 Å². The Labute approximate surface area is 114 Å². The lowest BCUT2D eigenvalue weighted by Gasteiger charge is -2.32. The maximum Gasteiger partial charge on any atom is 0.205 e. The molecule has 0 heterocycles. The Balaban J connectivity index is 2.97. The van der Waals surface area contributed by atoms with Crippen LogP contribution < -0.4 is 0 Å². The summed E-state index contributed by atoms with van der Waals surface area (Å²) in [5.41, 5.74) is 1.44. The van der Waals surface area contributed by atoms with Crippen LogP contribution in [-0.4, -0.2) is 9.04 Å². The van der Waals surface area contributed by atoms with Crippen molar-refractivity contribution in [2.45, 2.75) is 40.0 Å². The highest BCUT2D eigenvalue weighted by molar-refractivity contribution is 14.1. The molecule has 0 spiro atoms. The van der Waals surface area contributed by atoms with Crippen molar-refractivity contribution in [2.24, 2.45) is 5.41 Å². The largest absolute Gasteiger partial charge is 0.410 e. The Hall–Kier alpha value is 0.127. The Kier molecular flexibility index (Phi) is 5.01. The van der Waals surface area contributed by atoms with Crippen LogP contribution in [0.5, 0.6) is 0 Å². The van der Waals surface area contributed by atoms with Crippen LogP contribution in [0.3, 0.4) is 0 Å². The first kappa shape index (κ1) is 14.2. The smallest absolute Gasteiger partial charge is 0.205 e. The molecule has 1 atom stereocenters. The second kappa shape index (κ2) is 5.64. The molecule has 0 fully saturated rings. The molecule has 16 heavy (non-hydrogen) atoms. The molecule has 89 valence electrons. The summed E-state index contributed by atoms with van der Waals surface area (Å²) in [5, 5.41) is 0. The molecule has 0 N–H and O–H groups in total. The van der Waals surface area contributed by atoms with Crippen molar-refractivity contribution < 1.29 is 4.43 Å². The predicted octanol–water partition coefficient (Wildman–Crippen LogP) is 4.65. The van der Waals surface area contributed by atoms with Gasteiger partial charge >= 0.3 is 0 Å². The first-order valence-corrected chi connectivity index (χ1v) is 9.01. The summed E-state index contributed by atoms with van der Waals surface area (Å²) in [6, 6.07) is 8.66. The lowest BCUT2D eigenvalue weighted by molar-refractivity contribution is 0.0866. The van der Waals surface area contributed by atoms with Gasteiger partial charge in [-0.1, -0.05) is 32.9 Å². The van der Waals surface area contributed by atoms with Gasteiger partial charge in [-0.2, -0.15) is 0 Å². The predicted molar refractivity (Wildman–Crippen MR) is 79.9 cm³/mol. The van der Waals surface area contributed by atoms with Crippen LogP contribution in [0.1, 0.15) is 32.4 Å². The highest BCUT2D eigenvalue weighted by Gasteiger charge is 2.27. The number of rotatable bonds is 3. The van der Waals surface area contributed by atoms with E-state index in [1.165, 1.54) is 9.13 Å². The van der Waals surface area contributed by atoms with E-state index in [2.05, 4.69) is 80.7 Å². The first-order chi connectivity index (χ1) is 7.30. The molecular weight excluding hydrogens is 327 g/mol. The monoisotopic (exact) mass is 347 g/mol. The third-order valence-electron chi connectivity index (χ3n) is 2.31. The van der Waals surface area contributed by atoms with Gasteiger partial charge in [-0.3, -0.25) is 0 Å². The van der Waals surface area contributed by atoms with Gasteiger partial charge in [-0.05, 0) is 58.8 Å². The molecule has 3 heteroatoms. The second-order valence-corrected chi connectivity index (χ2v) is 8.62. The first-order valence-electron chi connectivity index (χ1n) is 5.53. The summed E-state index contributed by atoms with van der Waals surface area (Å²) >= 11 is 2.33. The fourth-order valence-electron chi connectivity index (χ4n) is 1.62. The highest BCUT2D eigenvalue weighted by atomic mass is 127. The lowest BCUT2D eigenvalue weighted by Crippen LogP contribution is -2.25. The van der Waals surface area contributed by atoms with E-state index in [4.69, 9.17) is 4.43 Å². The number of benzene rings is 1. The maximum atomic E-state index is 6.14. The minimum Gasteiger partial charge on any atom is -0.410 e. The minimum atomic E-state index is -0.675. The van der Waals surface area contributed by atoms with Gasteiger partial charge in [-0.15, -0.1) is 0 Å². The van der Waals surface area contributed by atoms with E-state index < -0.39 is 9.04 Å². The maximum absolute atomic E-state index is 6.14.